The molecule has 2 N–H and O–H groups in total. The lowest BCUT2D eigenvalue weighted by Crippen LogP contribution is -2.42. The van der Waals surface area contributed by atoms with E-state index in [0.717, 1.165) is 45.6 Å². The van der Waals surface area contributed by atoms with E-state index >= 15 is 0 Å². The first-order valence-electron chi connectivity index (χ1n) is 6.33. The molecule has 0 radical (unpaired) electrons. The van der Waals surface area contributed by atoms with Crippen molar-refractivity contribution >= 4 is 18.3 Å². The molecule has 2 atom stereocenters. The summed E-state index contributed by atoms with van der Waals surface area (Å²) < 4.78 is 5.22. The van der Waals surface area contributed by atoms with Crippen LogP contribution in [-0.2, 0) is 9.53 Å². The van der Waals surface area contributed by atoms with Crippen LogP contribution in [0.3, 0.4) is 0 Å². The number of hydrogen-bond donors (Lipinski definition) is 2. The SMILES string of the molecule is CCOCCCNC(=O)[C@H]1CCN[C@@H](C)C1.Cl. The highest BCUT2D eigenvalue weighted by atomic mass is 35.5. The molecule has 1 amide bonds. The molecule has 0 aliphatic carbocycles. The summed E-state index contributed by atoms with van der Waals surface area (Å²) in [6.45, 7) is 7.29. The number of piperidine rings is 1. The lowest BCUT2D eigenvalue weighted by molar-refractivity contribution is -0.126. The molecule has 0 saturated carbocycles. The number of halogens is 1. The fraction of sp³-hybridized carbons (Fsp3) is 0.917. The number of nitrogens with one attached hydrogen (secondary N) is 2. The van der Waals surface area contributed by atoms with E-state index in [1.54, 1.807) is 0 Å². The van der Waals surface area contributed by atoms with Crippen molar-refractivity contribution in [1.29, 1.82) is 0 Å². The third kappa shape index (κ3) is 6.86. The average molecular weight is 265 g/mol. The van der Waals surface area contributed by atoms with Crippen LogP contribution in [0.5, 0.6) is 0 Å². The Bertz CT molecular complexity index is 215. The number of amides is 1. The van der Waals surface area contributed by atoms with Crippen LogP contribution in [-0.4, -0.2) is 38.3 Å². The van der Waals surface area contributed by atoms with Gasteiger partial charge in [0.1, 0.15) is 0 Å². The Morgan fingerprint density at radius 3 is 2.94 bits per heavy atom. The van der Waals surface area contributed by atoms with Crippen molar-refractivity contribution in [3.05, 3.63) is 0 Å². The standard InChI is InChI=1S/C12H24N2O2.ClH/c1-3-16-8-4-6-14-12(15)11-5-7-13-10(2)9-11;/h10-11,13H,3-9H2,1-2H3,(H,14,15);1H/t10-,11-;/m0./s1. The second-order valence-electron chi connectivity index (χ2n) is 4.42. The first-order chi connectivity index (χ1) is 7.74. The minimum atomic E-state index is 0. The number of carbonyl (C=O) groups excluding carboxylic acids is 1. The molecule has 5 heteroatoms. The third-order valence-corrected chi connectivity index (χ3v) is 2.96. The topological polar surface area (TPSA) is 50.4 Å². The summed E-state index contributed by atoms with van der Waals surface area (Å²) >= 11 is 0. The number of rotatable bonds is 6. The van der Waals surface area contributed by atoms with Gasteiger partial charge < -0.3 is 15.4 Å². The van der Waals surface area contributed by atoms with E-state index in [4.69, 9.17) is 4.74 Å². The van der Waals surface area contributed by atoms with Crippen molar-refractivity contribution in [2.75, 3.05) is 26.3 Å². The van der Waals surface area contributed by atoms with Gasteiger partial charge in [-0.3, -0.25) is 4.79 Å². The Kier molecular flexibility index (Phi) is 9.50. The lowest BCUT2D eigenvalue weighted by atomic mass is 9.92. The fourth-order valence-corrected chi connectivity index (χ4v) is 2.04. The fourth-order valence-electron chi connectivity index (χ4n) is 2.04. The van der Waals surface area contributed by atoms with Crippen LogP contribution in [0.2, 0.25) is 0 Å². The largest absolute Gasteiger partial charge is 0.382 e. The van der Waals surface area contributed by atoms with Crippen molar-refractivity contribution in [3.63, 3.8) is 0 Å². The van der Waals surface area contributed by atoms with Crippen molar-refractivity contribution < 1.29 is 9.53 Å². The molecule has 102 valence electrons. The predicted octanol–water partition coefficient (Wildman–Crippen LogP) is 1.34. The summed E-state index contributed by atoms with van der Waals surface area (Å²) in [7, 11) is 0. The second-order valence-corrected chi connectivity index (χ2v) is 4.42. The highest BCUT2D eigenvalue weighted by molar-refractivity contribution is 5.85. The van der Waals surface area contributed by atoms with Gasteiger partial charge in [-0.15, -0.1) is 12.4 Å². The zero-order valence-electron chi connectivity index (χ0n) is 10.8. The highest BCUT2D eigenvalue weighted by Crippen LogP contribution is 2.15. The molecule has 0 aromatic heterocycles. The summed E-state index contributed by atoms with van der Waals surface area (Å²) in [6, 6.07) is 0.466. The van der Waals surface area contributed by atoms with Gasteiger partial charge in [0, 0.05) is 31.7 Å². The Labute approximate surface area is 110 Å². The molecule has 1 fully saturated rings. The van der Waals surface area contributed by atoms with E-state index < -0.39 is 0 Å². The monoisotopic (exact) mass is 264 g/mol. The van der Waals surface area contributed by atoms with Crippen LogP contribution in [0.25, 0.3) is 0 Å². The summed E-state index contributed by atoms with van der Waals surface area (Å²) in [4.78, 5) is 11.8. The lowest BCUT2D eigenvalue weighted by Gasteiger charge is -2.27. The van der Waals surface area contributed by atoms with E-state index in [2.05, 4.69) is 17.6 Å². The number of ether oxygens (including phenoxy) is 1. The molecule has 4 nitrogen and oxygen atoms in total. The first-order valence-corrected chi connectivity index (χ1v) is 6.33. The van der Waals surface area contributed by atoms with E-state index in [0.29, 0.717) is 6.04 Å². The summed E-state index contributed by atoms with van der Waals surface area (Å²) in [5.74, 6) is 0.410. The third-order valence-electron chi connectivity index (χ3n) is 2.96. The Morgan fingerprint density at radius 1 is 1.53 bits per heavy atom. The minimum absolute atomic E-state index is 0. The van der Waals surface area contributed by atoms with E-state index in [-0.39, 0.29) is 24.2 Å². The van der Waals surface area contributed by atoms with Crippen molar-refractivity contribution in [3.8, 4) is 0 Å². The summed E-state index contributed by atoms with van der Waals surface area (Å²) in [6.07, 6.45) is 2.82. The molecule has 1 aliphatic heterocycles. The molecule has 0 aromatic carbocycles. The van der Waals surface area contributed by atoms with Crippen LogP contribution in [0.15, 0.2) is 0 Å². The van der Waals surface area contributed by atoms with Crippen LogP contribution < -0.4 is 10.6 Å². The first kappa shape index (κ1) is 16.7. The number of hydrogen-bond acceptors (Lipinski definition) is 3. The number of carbonyl (C=O) groups is 1. The Morgan fingerprint density at radius 2 is 2.29 bits per heavy atom. The van der Waals surface area contributed by atoms with Crippen LogP contribution >= 0.6 is 12.4 Å². The van der Waals surface area contributed by atoms with Gasteiger partial charge in [-0.1, -0.05) is 0 Å². The van der Waals surface area contributed by atoms with Crippen LogP contribution in [0, 0.1) is 5.92 Å². The molecule has 0 spiro atoms. The second kappa shape index (κ2) is 9.68. The van der Waals surface area contributed by atoms with Crippen molar-refractivity contribution in [1.82, 2.24) is 10.6 Å². The average Bonchev–Trinajstić information content (AvgIpc) is 2.28. The van der Waals surface area contributed by atoms with Gasteiger partial charge in [-0.05, 0) is 39.7 Å². The molecule has 1 rings (SSSR count). The summed E-state index contributed by atoms with van der Waals surface area (Å²) in [5, 5.41) is 6.34. The molecule has 1 heterocycles. The van der Waals surface area contributed by atoms with Gasteiger partial charge in [0.15, 0.2) is 0 Å². The van der Waals surface area contributed by atoms with Crippen LogP contribution in [0.1, 0.15) is 33.1 Å². The maximum absolute atomic E-state index is 11.8. The van der Waals surface area contributed by atoms with Gasteiger partial charge in [-0.2, -0.15) is 0 Å². The molecular weight excluding hydrogens is 240 g/mol. The van der Waals surface area contributed by atoms with Gasteiger partial charge in [0.2, 0.25) is 5.91 Å². The Balaban J connectivity index is 0.00000256. The van der Waals surface area contributed by atoms with Gasteiger partial charge in [0.25, 0.3) is 0 Å². The molecule has 0 aromatic rings. The van der Waals surface area contributed by atoms with E-state index in [1.165, 1.54) is 0 Å². The summed E-state index contributed by atoms with van der Waals surface area (Å²) in [5.41, 5.74) is 0. The normalized spacial score (nSPS) is 23.9. The van der Waals surface area contributed by atoms with Crippen molar-refractivity contribution in [2.24, 2.45) is 5.92 Å². The molecule has 1 aliphatic rings. The predicted molar refractivity (Wildman–Crippen MR) is 71.6 cm³/mol. The molecule has 0 unspecified atom stereocenters. The van der Waals surface area contributed by atoms with Gasteiger partial charge in [0.05, 0.1) is 0 Å². The quantitative estimate of drug-likeness (QED) is 0.712. The van der Waals surface area contributed by atoms with Gasteiger partial charge >= 0.3 is 0 Å². The van der Waals surface area contributed by atoms with Crippen molar-refractivity contribution in [2.45, 2.75) is 39.2 Å². The van der Waals surface area contributed by atoms with Gasteiger partial charge in [-0.25, -0.2) is 0 Å². The zero-order valence-corrected chi connectivity index (χ0v) is 11.6. The van der Waals surface area contributed by atoms with Crippen LogP contribution in [0.4, 0.5) is 0 Å². The maximum atomic E-state index is 11.8. The maximum Gasteiger partial charge on any atom is 0.223 e. The molecule has 0 bridgehead atoms. The molecule has 1 saturated heterocycles. The van der Waals surface area contributed by atoms with E-state index in [9.17, 15) is 4.79 Å². The molecule has 17 heavy (non-hydrogen) atoms. The highest BCUT2D eigenvalue weighted by Gasteiger charge is 2.23. The Hall–Kier alpha value is -0.320. The zero-order chi connectivity index (χ0) is 11.8. The smallest absolute Gasteiger partial charge is 0.223 e. The molecular formula is C12H25ClN2O2. The minimum Gasteiger partial charge on any atom is -0.382 e. The van der Waals surface area contributed by atoms with E-state index in [1.807, 2.05) is 6.92 Å².